The minimum Gasteiger partial charge on any atom is -0.494 e. The van der Waals surface area contributed by atoms with Gasteiger partial charge in [0.1, 0.15) is 5.76 Å². The molecule has 0 atom stereocenters. The van der Waals surface area contributed by atoms with Crippen LogP contribution in [0.1, 0.15) is 19.8 Å². The van der Waals surface area contributed by atoms with Gasteiger partial charge in [0.25, 0.3) is 0 Å². The first-order valence-electron chi connectivity index (χ1n) is 3.29. The monoisotopic (exact) mass is 124 g/mol. The lowest BCUT2D eigenvalue weighted by Crippen LogP contribution is -2.02. The Morgan fingerprint density at radius 2 is 2.44 bits per heavy atom. The molecule has 0 aromatic heterocycles. The van der Waals surface area contributed by atoms with E-state index in [0.29, 0.717) is 0 Å². The van der Waals surface area contributed by atoms with Crippen LogP contribution in [0.2, 0.25) is 0 Å². The lowest BCUT2D eigenvalue weighted by molar-refractivity contribution is 0.200. The van der Waals surface area contributed by atoms with E-state index in [9.17, 15) is 0 Å². The summed E-state index contributed by atoms with van der Waals surface area (Å²) in [6, 6.07) is 0. The van der Waals surface area contributed by atoms with E-state index in [0.717, 1.165) is 18.8 Å². The van der Waals surface area contributed by atoms with Crippen molar-refractivity contribution < 1.29 is 4.74 Å². The van der Waals surface area contributed by atoms with Gasteiger partial charge in [-0.25, -0.2) is 0 Å². The van der Waals surface area contributed by atoms with Gasteiger partial charge < -0.3 is 4.74 Å². The fraction of sp³-hybridized carbons (Fsp3) is 0.500. The van der Waals surface area contributed by atoms with Crippen molar-refractivity contribution in [2.24, 2.45) is 0 Å². The Morgan fingerprint density at radius 3 is 2.89 bits per heavy atom. The van der Waals surface area contributed by atoms with Gasteiger partial charge in [0.2, 0.25) is 0 Å². The molecule has 0 unspecified atom stereocenters. The molecule has 0 saturated heterocycles. The van der Waals surface area contributed by atoms with E-state index >= 15 is 0 Å². The molecule has 0 bridgehead atoms. The maximum Gasteiger partial charge on any atom is 0.117 e. The van der Waals surface area contributed by atoms with Gasteiger partial charge >= 0.3 is 0 Å². The zero-order chi connectivity index (χ0) is 6.69. The molecule has 1 rings (SSSR count). The minimum atomic E-state index is 0.860. The maximum absolute atomic E-state index is 5.30. The van der Waals surface area contributed by atoms with Crippen molar-refractivity contribution >= 4 is 0 Å². The van der Waals surface area contributed by atoms with Crippen LogP contribution in [0.15, 0.2) is 24.0 Å². The third-order valence-electron chi connectivity index (χ3n) is 1.56. The third kappa shape index (κ3) is 1.35. The molecule has 0 saturated carbocycles. The average molecular weight is 124 g/mol. The normalized spacial score (nSPS) is 19.2. The summed E-state index contributed by atoms with van der Waals surface area (Å²) in [5.41, 5.74) is 1.33. The number of allylic oxidation sites excluding steroid dienone is 2. The lowest BCUT2D eigenvalue weighted by Gasteiger charge is -2.15. The van der Waals surface area contributed by atoms with Crippen LogP contribution in [0.3, 0.4) is 0 Å². The summed E-state index contributed by atoms with van der Waals surface area (Å²) in [5, 5.41) is 0. The standard InChI is InChI=1S/C8H12O/c1-3-8-7(2)5-4-6-9-8/h3H,1,4-6H2,2H3. The van der Waals surface area contributed by atoms with E-state index in [1.165, 1.54) is 12.0 Å². The quantitative estimate of drug-likeness (QED) is 0.521. The van der Waals surface area contributed by atoms with Gasteiger partial charge in [-0.2, -0.15) is 0 Å². The van der Waals surface area contributed by atoms with Crippen LogP contribution < -0.4 is 0 Å². The van der Waals surface area contributed by atoms with Gasteiger partial charge in [0.05, 0.1) is 6.61 Å². The van der Waals surface area contributed by atoms with Crippen LogP contribution in [0, 0.1) is 0 Å². The molecule has 1 heteroatoms. The van der Waals surface area contributed by atoms with E-state index in [1.54, 1.807) is 6.08 Å². The van der Waals surface area contributed by atoms with Crippen molar-refractivity contribution in [1.29, 1.82) is 0 Å². The Bertz CT molecular complexity index is 145. The number of rotatable bonds is 1. The second-order valence-electron chi connectivity index (χ2n) is 2.30. The minimum absolute atomic E-state index is 0.860. The first-order chi connectivity index (χ1) is 4.34. The molecule has 0 fully saturated rings. The number of hydrogen-bond donors (Lipinski definition) is 0. The van der Waals surface area contributed by atoms with Gasteiger partial charge in [0.15, 0.2) is 0 Å². The molecular weight excluding hydrogens is 112 g/mol. The molecule has 1 aliphatic heterocycles. The number of hydrogen-bond acceptors (Lipinski definition) is 1. The molecule has 1 nitrogen and oxygen atoms in total. The highest BCUT2D eigenvalue weighted by Crippen LogP contribution is 2.18. The Morgan fingerprint density at radius 1 is 1.67 bits per heavy atom. The highest BCUT2D eigenvalue weighted by molar-refractivity contribution is 5.17. The summed E-state index contributed by atoms with van der Waals surface area (Å²) in [6.45, 7) is 6.61. The van der Waals surface area contributed by atoms with E-state index in [1.807, 2.05) is 0 Å². The van der Waals surface area contributed by atoms with E-state index in [-0.39, 0.29) is 0 Å². The highest BCUT2D eigenvalue weighted by Gasteiger charge is 2.05. The van der Waals surface area contributed by atoms with Gasteiger partial charge in [-0.15, -0.1) is 0 Å². The molecule has 0 spiro atoms. The van der Waals surface area contributed by atoms with Crippen molar-refractivity contribution in [3.8, 4) is 0 Å². The molecule has 0 aromatic rings. The summed E-state index contributed by atoms with van der Waals surface area (Å²) >= 11 is 0. The zero-order valence-corrected chi connectivity index (χ0v) is 5.81. The molecular formula is C8H12O. The molecule has 1 heterocycles. The van der Waals surface area contributed by atoms with Gasteiger partial charge in [0, 0.05) is 0 Å². The van der Waals surface area contributed by atoms with E-state index in [4.69, 9.17) is 4.74 Å². The van der Waals surface area contributed by atoms with Crippen molar-refractivity contribution in [2.75, 3.05) is 6.61 Å². The summed E-state index contributed by atoms with van der Waals surface area (Å²) in [6.07, 6.45) is 4.11. The molecule has 0 radical (unpaired) electrons. The van der Waals surface area contributed by atoms with E-state index in [2.05, 4.69) is 13.5 Å². The highest BCUT2D eigenvalue weighted by atomic mass is 16.5. The molecule has 0 aromatic carbocycles. The summed E-state index contributed by atoms with van der Waals surface area (Å²) in [5.74, 6) is 0.987. The lowest BCUT2D eigenvalue weighted by atomic mass is 10.1. The van der Waals surface area contributed by atoms with Crippen molar-refractivity contribution in [3.05, 3.63) is 24.0 Å². The fourth-order valence-electron chi connectivity index (χ4n) is 0.999. The predicted molar refractivity (Wildman–Crippen MR) is 38.1 cm³/mol. The van der Waals surface area contributed by atoms with Gasteiger partial charge in [-0.3, -0.25) is 0 Å². The zero-order valence-electron chi connectivity index (χ0n) is 5.81. The van der Waals surface area contributed by atoms with Crippen LogP contribution in [0.4, 0.5) is 0 Å². The summed E-state index contributed by atoms with van der Waals surface area (Å²) in [4.78, 5) is 0. The molecule has 50 valence electrons. The fourth-order valence-corrected chi connectivity index (χ4v) is 0.999. The third-order valence-corrected chi connectivity index (χ3v) is 1.56. The Kier molecular flexibility index (Phi) is 1.93. The SMILES string of the molecule is C=CC1=C(C)CCCO1. The molecule has 0 amide bonds. The van der Waals surface area contributed by atoms with Crippen LogP contribution in [0.5, 0.6) is 0 Å². The molecule has 0 N–H and O–H groups in total. The van der Waals surface area contributed by atoms with Crippen LogP contribution in [0.25, 0.3) is 0 Å². The first-order valence-corrected chi connectivity index (χ1v) is 3.29. The van der Waals surface area contributed by atoms with Crippen LogP contribution >= 0.6 is 0 Å². The van der Waals surface area contributed by atoms with Crippen molar-refractivity contribution in [3.63, 3.8) is 0 Å². The maximum atomic E-state index is 5.30. The van der Waals surface area contributed by atoms with Gasteiger partial charge in [-0.1, -0.05) is 6.58 Å². The summed E-state index contributed by atoms with van der Waals surface area (Å²) < 4.78 is 5.30. The van der Waals surface area contributed by atoms with Crippen LogP contribution in [-0.4, -0.2) is 6.61 Å². The topological polar surface area (TPSA) is 9.23 Å². The second-order valence-corrected chi connectivity index (χ2v) is 2.30. The average Bonchev–Trinajstić information content (AvgIpc) is 1.89. The van der Waals surface area contributed by atoms with Crippen molar-refractivity contribution in [2.45, 2.75) is 19.8 Å². The second kappa shape index (κ2) is 2.72. The Hall–Kier alpha value is -0.720. The smallest absolute Gasteiger partial charge is 0.117 e. The predicted octanol–water partition coefficient (Wildman–Crippen LogP) is 2.26. The molecule has 9 heavy (non-hydrogen) atoms. The van der Waals surface area contributed by atoms with Gasteiger partial charge in [-0.05, 0) is 31.4 Å². The Balaban J connectivity index is 2.70. The molecule has 0 aliphatic carbocycles. The summed E-state index contributed by atoms with van der Waals surface area (Å²) in [7, 11) is 0. The molecule has 1 aliphatic rings. The number of ether oxygens (including phenoxy) is 1. The largest absolute Gasteiger partial charge is 0.494 e. The Labute approximate surface area is 56.0 Å². The van der Waals surface area contributed by atoms with Crippen molar-refractivity contribution in [1.82, 2.24) is 0 Å². The van der Waals surface area contributed by atoms with E-state index < -0.39 is 0 Å². The van der Waals surface area contributed by atoms with Crippen LogP contribution in [-0.2, 0) is 4.74 Å². The first kappa shape index (κ1) is 6.40.